The summed E-state index contributed by atoms with van der Waals surface area (Å²) in [5.74, 6) is 0.947. The first kappa shape index (κ1) is 26.1. The maximum absolute atomic E-state index is 13.5. The summed E-state index contributed by atoms with van der Waals surface area (Å²) in [6.07, 6.45) is 0.368. The molecule has 3 rings (SSSR count). The summed E-state index contributed by atoms with van der Waals surface area (Å²) in [5, 5.41) is 2.71. The Bertz CT molecular complexity index is 1120. The van der Waals surface area contributed by atoms with Gasteiger partial charge in [-0.2, -0.15) is 0 Å². The summed E-state index contributed by atoms with van der Waals surface area (Å²) in [4.78, 5) is 28.0. The molecular formula is C27H29BrN2O5. The lowest BCUT2D eigenvalue weighted by Crippen LogP contribution is -2.51. The molecule has 0 aliphatic heterocycles. The van der Waals surface area contributed by atoms with Gasteiger partial charge in [0.2, 0.25) is 5.91 Å². The summed E-state index contributed by atoms with van der Waals surface area (Å²) in [5.41, 5.74) is 1.84. The zero-order valence-electron chi connectivity index (χ0n) is 20.0. The van der Waals surface area contributed by atoms with Crippen molar-refractivity contribution in [2.45, 2.75) is 19.0 Å². The van der Waals surface area contributed by atoms with E-state index < -0.39 is 6.04 Å². The number of carbonyl (C=O) groups is 2. The highest BCUT2D eigenvalue weighted by Crippen LogP contribution is 2.27. The lowest BCUT2D eigenvalue weighted by atomic mass is 10.0. The molecule has 8 heteroatoms. The van der Waals surface area contributed by atoms with Crippen LogP contribution in [-0.4, -0.2) is 50.6 Å². The second-order valence-electron chi connectivity index (χ2n) is 7.81. The molecule has 0 radical (unpaired) electrons. The molecule has 0 heterocycles. The lowest BCUT2D eigenvalue weighted by molar-refractivity contribution is -0.142. The third kappa shape index (κ3) is 7.48. The maximum atomic E-state index is 13.5. The molecule has 0 aromatic heterocycles. The van der Waals surface area contributed by atoms with Crippen molar-refractivity contribution in [3.8, 4) is 17.2 Å². The van der Waals surface area contributed by atoms with Gasteiger partial charge in [-0.3, -0.25) is 9.59 Å². The van der Waals surface area contributed by atoms with Gasteiger partial charge >= 0.3 is 0 Å². The minimum absolute atomic E-state index is 0.244. The number of rotatable bonds is 11. The lowest BCUT2D eigenvalue weighted by Gasteiger charge is -2.31. The van der Waals surface area contributed by atoms with Crippen molar-refractivity contribution in [1.29, 1.82) is 0 Å². The maximum Gasteiger partial charge on any atom is 0.261 e. The molecule has 0 spiro atoms. The van der Waals surface area contributed by atoms with Gasteiger partial charge in [0.25, 0.3) is 5.91 Å². The van der Waals surface area contributed by atoms with E-state index in [2.05, 4.69) is 21.2 Å². The molecule has 35 heavy (non-hydrogen) atoms. The molecular weight excluding hydrogens is 512 g/mol. The highest BCUT2D eigenvalue weighted by molar-refractivity contribution is 9.10. The first-order valence-corrected chi connectivity index (χ1v) is 11.9. The summed E-state index contributed by atoms with van der Waals surface area (Å²) < 4.78 is 17.3. The molecule has 0 saturated heterocycles. The number of hydrogen-bond donors (Lipinski definition) is 1. The normalized spacial score (nSPS) is 11.3. The van der Waals surface area contributed by atoms with Crippen LogP contribution in [0.2, 0.25) is 0 Å². The van der Waals surface area contributed by atoms with Gasteiger partial charge in [0, 0.05) is 42.7 Å². The number of benzene rings is 3. The molecule has 1 N–H and O–H groups in total. The molecule has 1 atom stereocenters. The van der Waals surface area contributed by atoms with Gasteiger partial charge in [0.15, 0.2) is 6.61 Å². The van der Waals surface area contributed by atoms with Crippen LogP contribution in [-0.2, 0) is 22.6 Å². The largest absolute Gasteiger partial charge is 0.496 e. The Hall–Kier alpha value is -3.52. The van der Waals surface area contributed by atoms with Crippen LogP contribution in [0.5, 0.6) is 17.2 Å². The Morgan fingerprint density at radius 3 is 2.11 bits per heavy atom. The zero-order chi connectivity index (χ0) is 25.2. The van der Waals surface area contributed by atoms with Crippen LogP contribution >= 0.6 is 15.9 Å². The fourth-order valence-electron chi connectivity index (χ4n) is 3.65. The van der Waals surface area contributed by atoms with Crippen LogP contribution in [0.25, 0.3) is 0 Å². The van der Waals surface area contributed by atoms with Gasteiger partial charge in [-0.1, -0.05) is 58.4 Å². The predicted molar refractivity (Wildman–Crippen MR) is 138 cm³/mol. The Balaban J connectivity index is 1.88. The molecule has 0 aliphatic rings. The minimum atomic E-state index is -0.725. The van der Waals surface area contributed by atoms with Crippen LogP contribution in [0.3, 0.4) is 0 Å². The predicted octanol–water partition coefficient (Wildman–Crippen LogP) is 4.23. The monoisotopic (exact) mass is 540 g/mol. The fraction of sp³-hybridized carbons (Fsp3) is 0.259. The molecule has 1 unspecified atom stereocenters. The van der Waals surface area contributed by atoms with E-state index in [1.165, 1.54) is 0 Å². The average molecular weight is 541 g/mol. The van der Waals surface area contributed by atoms with E-state index in [1.54, 1.807) is 44.4 Å². The third-order valence-electron chi connectivity index (χ3n) is 5.45. The standard InChI is InChI=1S/C27H29BrN2O5/c1-29-27(32)25(13-19-8-5-4-6-9-19)30(17-20-10-7-11-21(28)12-20)26(31)18-35-24-15-22(33-2)14-23(16-24)34-3/h4-12,14-16,25H,13,17-18H2,1-3H3,(H,29,32). The van der Waals surface area contributed by atoms with Crippen molar-refractivity contribution in [1.82, 2.24) is 10.2 Å². The van der Waals surface area contributed by atoms with Gasteiger partial charge in [0.1, 0.15) is 23.3 Å². The zero-order valence-corrected chi connectivity index (χ0v) is 21.6. The number of methoxy groups -OCH3 is 2. The van der Waals surface area contributed by atoms with E-state index in [0.717, 1.165) is 15.6 Å². The van der Waals surface area contributed by atoms with Crippen LogP contribution in [0.1, 0.15) is 11.1 Å². The number of carbonyl (C=O) groups excluding carboxylic acids is 2. The topological polar surface area (TPSA) is 77.1 Å². The molecule has 3 aromatic carbocycles. The van der Waals surface area contributed by atoms with Crippen molar-refractivity contribution >= 4 is 27.7 Å². The molecule has 0 fully saturated rings. The number of nitrogens with zero attached hydrogens (tertiary/aromatic N) is 1. The van der Waals surface area contributed by atoms with E-state index in [0.29, 0.717) is 23.7 Å². The molecule has 3 aromatic rings. The molecule has 0 saturated carbocycles. The summed E-state index contributed by atoms with van der Waals surface area (Å²) >= 11 is 3.48. The number of ether oxygens (including phenoxy) is 3. The van der Waals surface area contributed by atoms with Gasteiger partial charge in [0.05, 0.1) is 14.2 Å². The second-order valence-corrected chi connectivity index (χ2v) is 8.72. The molecule has 2 amide bonds. The Labute approximate surface area is 214 Å². The summed E-state index contributed by atoms with van der Waals surface area (Å²) in [6.45, 7) is -0.0133. The third-order valence-corrected chi connectivity index (χ3v) is 5.94. The molecule has 7 nitrogen and oxygen atoms in total. The van der Waals surface area contributed by atoms with Crippen molar-refractivity contribution in [3.05, 3.63) is 88.4 Å². The van der Waals surface area contributed by atoms with Gasteiger partial charge in [-0.15, -0.1) is 0 Å². The van der Waals surface area contributed by atoms with Crippen molar-refractivity contribution in [2.75, 3.05) is 27.9 Å². The van der Waals surface area contributed by atoms with E-state index >= 15 is 0 Å². The van der Waals surface area contributed by atoms with Crippen LogP contribution in [0.4, 0.5) is 0 Å². The molecule has 184 valence electrons. The Morgan fingerprint density at radius 1 is 0.886 bits per heavy atom. The van der Waals surface area contributed by atoms with E-state index in [-0.39, 0.29) is 25.0 Å². The Morgan fingerprint density at radius 2 is 1.51 bits per heavy atom. The van der Waals surface area contributed by atoms with Gasteiger partial charge in [-0.25, -0.2) is 0 Å². The number of amides is 2. The van der Waals surface area contributed by atoms with Crippen LogP contribution < -0.4 is 19.5 Å². The SMILES string of the molecule is CNC(=O)C(Cc1ccccc1)N(Cc1cccc(Br)c1)C(=O)COc1cc(OC)cc(OC)c1. The average Bonchev–Trinajstić information content (AvgIpc) is 2.89. The number of nitrogens with one attached hydrogen (secondary N) is 1. The van der Waals surface area contributed by atoms with Gasteiger partial charge < -0.3 is 24.4 Å². The first-order valence-electron chi connectivity index (χ1n) is 11.1. The smallest absolute Gasteiger partial charge is 0.261 e. The highest BCUT2D eigenvalue weighted by atomic mass is 79.9. The Kier molecular flexibility index (Phi) is 9.55. The molecule has 0 aliphatic carbocycles. The van der Waals surface area contributed by atoms with Crippen LogP contribution in [0, 0.1) is 0 Å². The van der Waals surface area contributed by atoms with Gasteiger partial charge in [-0.05, 0) is 23.3 Å². The van der Waals surface area contributed by atoms with Crippen molar-refractivity contribution in [3.63, 3.8) is 0 Å². The number of hydrogen-bond acceptors (Lipinski definition) is 5. The van der Waals surface area contributed by atoms with E-state index in [4.69, 9.17) is 14.2 Å². The highest BCUT2D eigenvalue weighted by Gasteiger charge is 2.30. The number of halogens is 1. The fourth-order valence-corrected chi connectivity index (χ4v) is 4.09. The van der Waals surface area contributed by atoms with Crippen molar-refractivity contribution in [2.24, 2.45) is 0 Å². The van der Waals surface area contributed by atoms with E-state index in [9.17, 15) is 9.59 Å². The second kappa shape index (κ2) is 12.8. The minimum Gasteiger partial charge on any atom is -0.496 e. The summed E-state index contributed by atoms with van der Waals surface area (Å²) in [6, 6.07) is 21.6. The molecule has 0 bridgehead atoms. The number of likely N-dealkylation sites (N-methyl/N-ethyl adjacent to an activating group) is 1. The van der Waals surface area contributed by atoms with Crippen molar-refractivity contribution < 1.29 is 23.8 Å². The summed E-state index contributed by atoms with van der Waals surface area (Å²) in [7, 11) is 4.66. The van der Waals surface area contributed by atoms with E-state index in [1.807, 2.05) is 54.6 Å². The quantitative estimate of drug-likeness (QED) is 0.393. The first-order chi connectivity index (χ1) is 16.9. The van der Waals surface area contributed by atoms with Crippen LogP contribution in [0.15, 0.2) is 77.3 Å².